The third-order valence-corrected chi connectivity index (χ3v) is 19.0. The van der Waals surface area contributed by atoms with Gasteiger partial charge in [0.1, 0.15) is 53.5 Å². The van der Waals surface area contributed by atoms with Crippen molar-refractivity contribution >= 4 is 0 Å². The second-order valence-corrected chi connectivity index (χ2v) is 30.5. The van der Waals surface area contributed by atoms with Crippen LogP contribution in [0.4, 0.5) is 0 Å². The lowest BCUT2D eigenvalue weighted by atomic mass is 10.1. The summed E-state index contributed by atoms with van der Waals surface area (Å²) >= 11 is 0. The molecule has 123 heavy (non-hydrogen) atoms. The van der Waals surface area contributed by atoms with Gasteiger partial charge in [0, 0.05) is 52.6 Å². The van der Waals surface area contributed by atoms with Crippen molar-refractivity contribution in [1.82, 2.24) is 0 Å². The maximum Gasteiger partial charge on any atom is 0.119 e. The van der Waals surface area contributed by atoms with Crippen LogP contribution in [0, 0.1) is 5.92 Å². The summed E-state index contributed by atoms with van der Waals surface area (Å²) in [5.41, 5.74) is 10.1. The Bertz CT molecular complexity index is 3920. The summed E-state index contributed by atoms with van der Waals surface area (Å²) in [6, 6.07) is 75.8. The predicted octanol–water partition coefficient (Wildman–Crippen LogP) is 23.5. The summed E-state index contributed by atoms with van der Waals surface area (Å²) in [6.07, 6.45) is 20.3. The van der Waals surface area contributed by atoms with E-state index in [1.807, 2.05) is 172 Å². The summed E-state index contributed by atoms with van der Waals surface area (Å²) < 4.78 is 55.2. The second-order valence-electron chi connectivity index (χ2n) is 30.5. The maximum atomic E-state index is 9.90. The molecule has 0 aliphatic heterocycles. The van der Waals surface area contributed by atoms with Crippen molar-refractivity contribution in [3.05, 3.63) is 281 Å². The van der Waals surface area contributed by atoms with Gasteiger partial charge < -0.3 is 83.1 Å². The van der Waals surface area contributed by atoms with Crippen molar-refractivity contribution in [2.45, 2.75) is 241 Å². The van der Waals surface area contributed by atoms with Crippen LogP contribution in [-0.4, -0.2) is 129 Å². The quantitative estimate of drug-likeness (QED) is 0.0176. The number of ether oxygens (including phenoxy) is 10. The molecule has 0 aliphatic rings. The molecule has 17 nitrogen and oxygen atoms in total. The Morgan fingerprint density at radius 3 is 0.837 bits per heavy atom. The molecule has 0 amide bonds. The molecule has 4 atom stereocenters. The second kappa shape index (κ2) is 73.5. The van der Waals surface area contributed by atoms with Crippen LogP contribution < -0.4 is 33.2 Å². The zero-order valence-electron chi connectivity index (χ0n) is 76.2. The molecule has 9 rings (SSSR count). The van der Waals surface area contributed by atoms with Crippen molar-refractivity contribution in [2.24, 2.45) is 5.92 Å². The molecule has 9 aromatic carbocycles. The van der Waals surface area contributed by atoms with Crippen LogP contribution >= 0.6 is 0 Å². The van der Waals surface area contributed by atoms with E-state index in [0.717, 1.165) is 160 Å². The molecule has 7 N–H and O–H groups in total. The Balaban J connectivity index is 0.000000372. The van der Waals surface area contributed by atoms with Crippen LogP contribution in [0.5, 0.6) is 40.2 Å². The first kappa shape index (κ1) is 108. The summed E-state index contributed by atoms with van der Waals surface area (Å²) in [5, 5.41) is 65.3. The van der Waals surface area contributed by atoms with E-state index in [9.17, 15) is 20.4 Å². The summed E-state index contributed by atoms with van der Waals surface area (Å²) in [4.78, 5) is 0. The minimum Gasteiger partial charge on any atom is -0.494 e. The first-order valence-electron chi connectivity index (χ1n) is 45.4. The van der Waals surface area contributed by atoms with Crippen molar-refractivity contribution in [2.75, 3.05) is 93.0 Å². The smallest absolute Gasteiger partial charge is 0.119 e. The molecule has 0 aliphatic carbocycles. The Hall–Kier alpha value is -8.82. The van der Waals surface area contributed by atoms with E-state index in [2.05, 4.69) is 121 Å². The normalized spacial score (nSPS) is 11.6. The van der Waals surface area contributed by atoms with E-state index in [4.69, 9.17) is 62.7 Å². The van der Waals surface area contributed by atoms with Gasteiger partial charge >= 0.3 is 0 Å². The number of rotatable bonds is 54. The number of hydrogen-bond acceptors (Lipinski definition) is 17. The number of unbranched alkanes of at least 4 members (excludes halogenated alkanes) is 3. The Kier molecular flexibility index (Phi) is 64.8. The zero-order chi connectivity index (χ0) is 89.2. The van der Waals surface area contributed by atoms with E-state index in [0.29, 0.717) is 84.0 Å². The van der Waals surface area contributed by atoms with Crippen LogP contribution in [0.1, 0.15) is 259 Å². The van der Waals surface area contributed by atoms with E-state index in [1.165, 1.54) is 66.3 Å². The number of benzene rings is 9. The topological polar surface area (TPSA) is 234 Å². The lowest BCUT2D eigenvalue weighted by molar-refractivity contribution is 0.0889. The fraction of sp³-hybridized carbons (Fsp3) is 0.491. The van der Waals surface area contributed by atoms with Gasteiger partial charge in [-0.15, -0.1) is 0 Å². The van der Waals surface area contributed by atoms with Gasteiger partial charge in [-0.3, -0.25) is 0 Å². The van der Waals surface area contributed by atoms with Crippen LogP contribution in [0.3, 0.4) is 0 Å². The number of methoxy groups -OCH3 is 1. The zero-order valence-corrected chi connectivity index (χ0v) is 76.2. The average Bonchev–Trinajstić information content (AvgIpc) is 0.890. The van der Waals surface area contributed by atoms with Gasteiger partial charge in [-0.25, -0.2) is 0 Å². The molecule has 0 spiro atoms. The number of aliphatic hydroxyl groups excluding tert-OH is 7. The highest BCUT2D eigenvalue weighted by Gasteiger charge is 2.12. The number of aryl methyl sites for hydroxylation is 3. The third kappa shape index (κ3) is 54.5. The van der Waals surface area contributed by atoms with Gasteiger partial charge in [0.25, 0.3) is 0 Å². The first-order valence-corrected chi connectivity index (χ1v) is 45.4. The fourth-order valence-corrected chi connectivity index (χ4v) is 12.1. The molecule has 0 radical (unpaired) electrons. The Labute approximate surface area is 740 Å². The van der Waals surface area contributed by atoms with Crippen molar-refractivity contribution in [3.8, 4) is 40.2 Å². The van der Waals surface area contributed by atoms with Crippen LogP contribution in [0.25, 0.3) is 0 Å². The van der Waals surface area contributed by atoms with Crippen molar-refractivity contribution in [1.29, 1.82) is 0 Å². The van der Waals surface area contributed by atoms with Crippen LogP contribution in [-0.2, 0) is 46.7 Å². The molecule has 9 aromatic rings. The van der Waals surface area contributed by atoms with E-state index in [1.54, 1.807) is 7.11 Å². The Morgan fingerprint density at radius 1 is 0.244 bits per heavy atom. The molecule has 0 fully saturated rings. The van der Waals surface area contributed by atoms with Gasteiger partial charge in [-0.1, -0.05) is 253 Å². The molecule has 17 heteroatoms. The monoisotopic (exact) mass is 1700 g/mol. The summed E-state index contributed by atoms with van der Waals surface area (Å²) in [6.45, 7) is 26.9. The van der Waals surface area contributed by atoms with E-state index >= 15 is 0 Å². The van der Waals surface area contributed by atoms with E-state index in [-0.39, 0.29) is 38.6 Å². The maximum absolute atomic E-state index is 9.90. The predicted molar refractivity (Wildman–Crippen MR) is 502 cm³/mol. The first-order chi connectivity index (χ1) is 60.1. The fourth-order valence-electron chi connectivity index (χ4n) is 12.1. The van der Waals surface area contributed by atoms with Gasteiger partial charge in [0.15, 0.2) is 0 Å². The standard InChI is InChI=1S/C20H26O2.C19H24O2.C15H24O2.C14H22O3.C13H20O3.C13H20O2.C12H18O3/c1-2-3-9-18-12-7-13-20(16-18)22-15-8-14-21-17-19-10-5-4-6-11-19;1-2-3-8-17-11-7-12-19(15-17)21-14-13-20-16-18-9-5-4-6-10-18;1-4-6-15(16)13-7-5-8-14(11-13)17-10-9-12(2)3;1-3-6-14(15)12-7-4-8-13(11-12)17-10-5-9-16-2;1-2-5-13(15)11-6-3-7-12(10-11)16-9-4-8-14;1-2-3-6-12-7-4-8-13(11-12)15-10-5-9-14;1-2-4-12(14)10-5-3-6-11(9-10)15-8-7-13/h4-7,10-13,16H,2-3,8-9,14-15,17H2,1H3;4-7,9-12,15H,2-3,8,13-14,16H2,1H3;5,7-8,11-12,15-16H,4,6,9-10H2,1-3H3;4,7-8,11,14-15H,3,5-6,9-10H2,1-2H3;3,6-7,10,13-15H,2,4-5,8-9H2,1H3;4,7-8,11,14H,2-3,5-6,9-10H2,1H3;3,5-6,9,12-14H,2,4,7-8H2,1H3. The van der Waals surface area contributed by atoms with Crippen LogP contribution in [0.15, 0.2) is 231 Å². The van der Waals surface area contributed by atoms with E-state index < -0.39 is 12.2 Å². The summed E-state index contributed by atoms with van der Waals surface area (Å²) in [7, 11) is 1.68. The summed E-state index contributed by atoms with van der Waals surface area (Å²) in [5.74, 6) is 6.59. The molecular formula is C106H154O17. The third-order valence-electron chi connectivity index (χ3n) is 19.0. The molecule has 4 unspecified atom stereocenters. The highest BCUT2D eigenvalue weighted by Crippen LogP contribution is 2.28. The molecule has 0 heterocycles. The van der Waals surface area contributed by atoms with Crippen molar-refractivity contribution < 1.29 is 83.1 Å². The van der Waals surface area contributed by atoms with Gasteiger partial charge in [-0.2, -0.15) is 0 Å². The lowest BCUT2D eigenvalue weighted by Gasteiger charge is -2.12. The highest BCUT2D eigenvalue weighted by molar-refractivity contribution is 5.35. The van der Waals surface area contributed by atoms with Crippen molar-refractivity contribution in [3.63, 3.8) is 0 Å². The number of aliphatic hydroxyl groups is 7. The molecule has 0 saturated heterocycles. The average molecular weight is 1700 g/mol. The Morgan fingerprint density at radius 2 is 0.528 bits per heavy atom. The largest absolute Gasteiger partial charge is 0.494 e. The molecule has 0 saturated carbocycles. The van der Waals surface area contributed by atoms with Gasteiger partial charge in [0.2, 0.25) is 0 Å². The van der Waals surface area contributed by atoms with Crippen LogP contribution in [0.2, 0.25) is 0 Å². The van der Waals surface area contributed by atoms with Gasteiger partial charge in [0.05, 0.1) is 90.5 Å². The molecule has 680 valence electrons. The van der Waals surface area contributed by atoms with Gasteiger partial charge in [-0.05, 0) is 212 Å². The molecule has 0 bridgehead atoms. The molecule has 0 aromatic heterocycles. The molecular weight excluding hydrogens is 1550 g/mol. The minimum absolute atomic E-state index is 0.00173. The minimum atomic E-state index is -0.423. The SMILES string of the molecule is CCCC(O)c1cccc(OCCC(C)C)c1.CCCC(O)c1cccc(OCCCO)c1.CCCC(O)c1cccc(OCCCOC)c1.CCCC(O)c1cccc(OCCO)c1.CCCCc1cccc(OCCCO)c1.CCCCc1cccc(OCCCOCc2ccccc2)c1.CCCCc1cccc(OCCOCc2ccccc2)c1. The lowest BCUT2D eigenvalue weighted by Crippen LogP contribution is -2.06. The highest BCUT2D eigenvalue weighted by atomic mass is 16.5. The number of hydrogen-bond donors (Lipinski definition) is 7.